The molecule has 0 aliphatic carbocycles. The van der Waals surface area contributed by atoms with E-state index in [1.807, 2.05) is 55.5 Å². The Bertz CT molecular complexity index is 1020. The summed E-state index contributed by atoms with van der Waals surface area (Å²) in [5.74, 6) is 0.671. The van der Waals surface area contributed by atoms with Crippen molar-refractivity contribution in [3.63, 3.8) is 0 Å². The highest BCUT2D eigenvalue weighted by molar-refractivity contribution is 7.89. The van der Waals surface area contributed by atoms with Crippen LogP contribution in [0, 0.1) is 6.92 Å². The Morgan fingerprint density at radius 1 is 0.964 bits per heavy atom. The highest BCUT2D eigenvalue weighted by Crippen LogP contribution is 2.34. The zero-order chi connectivity index (χ0) is 20.4. The monoisotopic (exact) mass is 413 g/mol. The topological polar surface area (TPSA) is 59.3 Å². The minimum atomic E-state index is -3.66. The molecule has 1 aromatic heterocycles. The zero-order valence-corrected chi connectivity index (χ0v) is 18.6. The highest BCUT2D eigenvalue weighted by atomic mass is 32.2. The van der Waals surface area contributed by atoms with E-state index in [9.17, 15) is 8.42 Å². The molecule has 1 atom stereocenters. The predicted octanol–water partition coefficient (Wildman–Crippen LogP) is 5.61. The number of sulfonamides is 1. The molecule has 0 spiro atoms. The Kier molecular flexibility index (Phi) is 5.93. The molecule has 0 fully saturated rings. The molecule has 0 unspecified atom stereocenters. The number of rotatable bonds is 7. The average Bonchev–Trinajstić information content (AvgIpc) is 3.11. The van der Waals surface area contributed by atoms with Crippen LogP contribution in [-0.4, -0.2) is 16.5 Å². The fourth-order valence-corrected chi connectivity index (χ4v) is 6.08. The summed E-state index contributed by atoms with van der Waals surface area (Å²) >= 11 is 0. The summed E-state index contributed by atoms with van der Waals surface area (Å²) in [6.07, 6.45) is 1.63. The normalized spacial score (nSPS) is 13.4. The summed E-state index contributed by atoms with van der Waals surface area (Å²) in [4.78, 5) is 0.270. The van der Waals surface area contributed by atoms with Crippen LogP contribution in [0.5, 0.6) is 0 Å². The van der Waals surface area contributed by atoms with Gasteiger partial charge in [-0.05, 0) is 36.7 Å². The van der Waals surface area contributed by atoms with Crippen LogP contribution in [0.2, 0.25) is 25.7 Å². The molecule has 6 heteroatoms. The molecule has 1 N–H and O–H groups in total. The molecule has 1 heterocycles. The second-order valence-electron chi connectivity index (χ2n) is 8.32. The van der Waals surface area contributed by atoms with Crippen LogP contribution in [-0.2, 0) is 10.0 Å². The molecule has 3 aromatic rings. The van der Waals surface area contributed by atoms with Crippen LogP contribution in [0.25, 0.3) is 11.1 Å². The van der Waals surface area contributed by atoms with Crippen LogP contribution in [0.1, 0.15) is 17.4 Å². The quantitative estimate of drug-likeness (QED) is 0.512. The predicted molar refractivity (Wildman–Crippen MR) is 117 cm³/mol. The van der Waals surface area contributed by atoms with Crippen molar-refractivity contribution in [2.75, 3.05) is 0 Å². The van der Waals surface area contributed by atoms with Crippen LogP contribution in [0.3, 0.4) is 0 Å². The second kappa shape index (κ2) is 8.07. The van der Waals surface area contributed by atoms with Gasteiger partial charge in [0.1, 0.15) is 5.76 Å². The third kappa shape index (κ3) is 5.01. The molecular weight excluding hydrogens is 386 g/mol. The molecule has 2 aromatic carbocycles. The van der Waals surface area contributed by atoms with Crippen LogP contribution in [0.15, 0.2) is 76.2 Å². The van der Waals surface area contributed by atoms with Gasteiger partial charge in [0.25, 0.3) is 0 Å². The number of hydrogen-bond acceptors (Lipinski definition) is 3. The van der Waals surface area contributed by atoms with Crippen molar-refractivity contribution in [2.45, 2.75) is 43.5 Å². The Labute approximate surface area is 168 Å². The van der Waals surface area contributed by atoms with Gasteiger partial charge in [0, 0.05) is 13.6 Å². The molecule has 0 bridgehead atoms. The Hall–Kier alpha value is -2.15. The van der Waals surface area contributed by atoms with Crippen LogP contribution >= 0.6 is 0 Å². The first-order valence-electron chi connectivity index (χ1n) is 9.37. The van der Waals surface area contributed by atoms with Crippen LogP contribution in [0.4, 0.5) is 0 Å². The van der Waals surface area contributed by atoms with Crippen molar-refractivity contribution in [1.82, 2.24) is 4.72 Å². The van der Waals surface area contributed by atoms with Crippen LogP contribution < -0.4 is 4.72 Å². The Balaban J connectivity index is 2.00. The maximum Gasteiger partial charge on any atom is 0.241 e. The number of aryl methyl sites for hydroxylation is 1. The standard InChI is InChI=1S/C22H27NO3SSi/c1-17-10-12-19(13-11-17)27(24,25)23-21(16-28(2,3)4)22-20(14-15-26-22)18-8-6-5-7-9-18/h5-15,21,23H,16H2,1-4H3/t21-/m0/s1. The maximum atomic E-state index is 13.0. The van der Waals surface area contributed by atoms with Gasteiger partial charge in [-0.3, -0.25) is 0 Å². The van der Waals surface area contributed by atoms with E-state index in [0.717, 1.165) is 22.7 Å². The van der Waals surface area contributed by atoms with E-state index in [2.05, 4.69) is 24.4 Å². The lowest BCUT2D eigenvalue weighted by Crippen LogP contribution is -2.34. The molecule has 0 amide bonds. The molecule has 3 rings (SSSR count). The molecule has 0 aliphatic heterocycles. The lowest BCUT2D eigenvalue weighted by Gasteiger charge is -2.25. The molecular formula is C22H27NO3SSi. The average molecular weight is 414 g/mol. The first-order chi connectivity index (χ1) is 13.2. The molecule has 0 aliphatic rings. The molecule has 0 radical (unpaired) electrons. The highest BCUT2D eigenvalue weighted by Gasteiger charge is 2.30. The van der Waals surface area contributed by atoms with E-state index in [0.29, 0.717) is 5.76 Å². The summed E-state index contributed by atoms with van der Waals surface area (Å²) in [6.45, 7) is 8.62. The minimum Gasteiger partial charge on any atom is -0.467 e. The van der Waals surface area contributed by atoms with E-state index < -0.39 is 24.1 Å². The summed E-state index contributed by atoms with van der Waals surface area (Å²) in [5, 5.41) is 0. The first-order valence-corrected chi connectivity index (χ1v) is 14.6. The lowest BCUT2D eigenvalue weighted by molar-refractivity contribution is 0.458. The number of furan rings is 1. The summed E-state index contributed by atoms with van der Waals surface area (Å²) in [5.41, 5.74) is 2.96. The van der Waals surface area contributed by atoms with E-state index in [4.69, 9.17) is 4.42 Å². The van der Waals surface area contributed by atoms with E-state index in [-0.39, 0.29) is 4.90 Å². The zero-order valence-electron chi connectivity index (χ0n) is 16.8. The fraction of sp³-hybridized carbons (Fsp3) is 0.273. The third-order valence-corrected chi connectivity index (χ3v) is 7.66. The lowest BCUT2D eigenvalue weighted by atomic mass is 10.0. The SMILES string of the molecule is Cc1ccc(S(=O)(=O)N[C@@H](C[Si](C)(C)C)c2occc2-c2ccccc2)cc1. The van der Waals surface area contributed by atoms with E-state index >= 15 is 0 Å². The van der Waals surface area contributed by atoms with Gasteiger partial charge in [-0.15, -0.1) is 0 Å². The van der Waals surface area contributed by atoms with Gasteiger partial charge < -0.3 is 4.42 Å². The summed E-state index contributed by atoms with van der Waals surface area (Å²) < 4.78 is 34.8. The molecule has 0 saturated heterocycles. The third-order valence-electron chi connectivity index (χ3n) is 4.54. The molecule has 148 valence electrons. The van der Waals surface area contributed by atoms with Gasteiger partial charge in [0.2, 0.25) is 10.0 Å². The number of hydrogen-bond donors (Lipinski definition) is 1. The van der Waals surface area contributed by atoms with Gasteiger partial charge >= 0.3 is 0 Å². The van der Waals surface area contributed by atoms with Crippen molar-refractivity contribution in [2.24, 2.45) is 0 Å². The number of benzene rings is 2. The van der Waals surface area contributed by atoms with E-state index in [1.165, 1.54) is 0 Å². The Morgan fingerprint density at radius 2 is 1.61 bits per heavy atom. The summed E-state index contributed by atoms with van der Waals surface area (Å²) in [6, 6.07) is 19.1. The van der Waals surface area contributed by atoms with Gasteiger partial charge in [0.05, 0.1) is 17.2 Å². The molecule has 4 nitrogen and oxygen atoms in total. The van der Waals surface area contributed by atoms with Crippen molar-refractivity contribution >= 4 is 18.1 Å². The van der Waals surface area contributed by atoms with Crippen molar-refractivity contribution in [3.05, 3.63) is 78.3 Å². The van der Waals surface area contributed by atoms with Gasteiger partial charge in [-0.2, -0.15) is 0 Å². The maximum absolute atomic E-state index is 13.0. The number of nitrogens with one attached hydrogen (secondary N) is 1. The minimum absolute atomic E-state index is 0.270. The van der Waals surface area contributed by atoms with Gasteiger partial charge in [-0.1, -0.05) is 67.7 Å². The molecule has 0 saturated carbocycles. The van der Waals surface area contributed by atoms with Gasteiger partial charge in [0.15, 0.2) is 0 Å². The van der Waals surface area contributed by atoms with E-state index in [1.54, 1.807) is 18.4 Å². The molecule has 28 heavy (non-hydrogen) atoms. The van der Waals surface area contributed by atoms with Crippen molar-refractivity contribution in [3.8, 4) is 11.1 Å². The van der Waals surface area contributed by atoms with Crippen molar-refractivity contribution in [1.29, 1.82) is 0 Å². The summed E-state index contributed by atoms with van der Waals surface area (Å²) in [7, 11) is -5.26. The fourth-order valence-electron chi connectivity index (χ4n) is 3.22. The second-order valence-corrected chi connectivity index (χ2v) is 15.6. The first kappa shape index (κ1) is 20.6. The smallest absolute Gasteiger partial charge is 0.241 e. The Morgan fingerprint density at radius 3 is 2.21 bits per heavy atom. The van der Waals surface area contributed by atoms with Crippen molar-refractivity contribution < 1.29 is 12.8 Å². The largest absolute Gasteiger partial charge is 0.467 e. The van der Waals surface area contributed by atoms with Gasteiger partial charge in [-0.25, -0.2) is 13.1 Å².